The summed E-state index contributed by atoms with van der Waals surface area (Å²) in [5.74, 6) is -0.469. The Kier molecular flexibility index (Phi) is 4.66. The molecule has 0 bridgehead atoms. The molecule has 1 aliphatic heterocycles. The summed E-state index contributed by atoms with van der Waals surface area (Å²) < 4.78 is 37.3. The van der Waals surface area contributed by atoms with E-state index in [0.717, 1.165) is 0 Å². The highest BCUT2D eigenvalue weighted by Crippen LogP contribution is 2.31. The molecule has 1 aromatic rings. The van der Waals surface area contributed by atoms with Crippen molar-refractivity contribution in [2.75, 3.05) is 18.4 Å². The summed E-state index contributed by atoms with van der Waals surface area (Å²) in [6, 6.07) is 4.65. The van der Waals surface area contributed by atoms with Crippen molar-refractivity contribution in [2.24, 2.45) is 5.92 Å². The average Bonchev–Trinajstić information content (AvgIpc) is 2.46. The summed E-state index contributed by atoms with van der Waals surface area (Å²) in [6.45, 7) is 0.354. The Hall–Kier alpha value is -1.83. The Morgan fingerprint density at radius 3 is 2.57 bits per heavy atom. The molecule has 1 aromatic heterocycles. The van der Waals surface area contributed by atoms with Crippen LogP contribution in [-0.2, 0) is 0 Å². The first-order valence-electron chi connectivity index (χ1n) is 6.59. The van der Waals surface area contributed by atoms with E-state index in [-0.39, 0.29) is 25.9 Å². The largest absolute Gasteiger partial charge is 0.414 e. The number of carbonyl (C=O) groups is 1. The number of alkyl halides is 3. The number of nitrogens with one attached hydrogen (secondary N) is 1. The minimum Gasteiger partial charge on any atom is -0.383 e. The van der Waals surface area contributed by atoms with E-state index in [4.69, 9.17) is 0 Å². The second-order valence-corrected chi connectivity index (χ2v) is 4.96. The van der Waals surface area contributed by atoms with Crippen LogP contribution in [0.15, 0.2) is 24.4 Å². The molecule has 2 rings (SSSR count). The molecule has 1 atom stereocenters. The monoisotopic (exact) mass is 303 g/mol. The third-order valence-electron chi connectivity index (χ3n) is 3.51. The van der Waals surface area contributed by atoms with Crippen LogP contribution < -0.4 is 5.32 Å². The maximum atomic E-state index is 12.4. The summed E-state index contributed by atoms with van der Waals surface area (Å²) in [6.07, 6.45) is -5.16. The molecule has 0 unspecified atom stereocenters. The first-order chi connectivity index (χ1) is 9.88. The number of anilines is 1. The molecule has 8 heteroatoms. The summed E-state index contributed by atoms with van der Waals surface area (Å²) in [4.78, 5) is 17.3. The molecule has 0 radical (unpaired) electrons. The fourth-order valence-electron chi connectivity index (χ4n) is 2.31. The molecule has 1 aliphatic rings. The zero-order valence-corrected chi connectivity index (χ0v) is 11.2. The number of aromatic nitrogens is 1. The van der Waals surface area contributed by atoms with Crippen LogP contribution in [0.4, 0.5) is 23.8 Å². The van der Waals surface area contributed by atoms with Gasteiger partial charge in [-0.15, -0.1) is 0 Å². The van der Waals surface area contributed by atoms with Crippen molar-refractivity contribution in [3.63, 3.8) is 0 Å². The molecule has 5 nitrogen and oxygen atoms in total. The van der Waals surface area contributed by atoms with Gasteiger partial charge in [0.15, 0.2) is 6.10 Å². The smallest absolute Gasteiger partial charge is 0.383 e. The number of likely N-dealkylation sites (tertiary alicyclic amines) is 1. The predicted molar refractivity (Wildman–Crippen MR) is 69.6 cm³/mol. The summed E-state index contributed by atoms with van der Waals surface area (Å²) in [7, 11) is 0. The van der Waals surface area contributed by atoms with Gasteiger partial charge in [0.25, 0.3) is 0 Å². The van der Waals surface area contributed by atoms with Gasteiger partial charge in [0.05, 0.1) is 0 Å². The van der Waals surface area contributed by atoms with Gasteiger partial charge in [0, 0.05) is 19.3 Å². The number of aliphatic hydroxyl groups is 1. The van der Waals surface area contributed by atoms with E-state index in [1.165, 1.54) is 11.1 Å². The molecule has 116 valence electrons. The third-order valence-corrected chi connectivity index (χ3v) is 3.51. The van der Waals surface area contributed by atoms with Crippen LogP contribution in [-0.4, -0.2) is 46.4 Å². The fraction of sp³-hybridized carbons (Fsp3) is 0.538. The van der Waals surface area contributed by atoms with E-state index in [1.54, 1.807) is 18.2 Å². The van der Waals surface area contributed by atoms with Crippen molar-refractivity contribution in [3.05, 3.63) is 24.4 Å². The topological polar surface area (TPSA) is 65.5 Å². The number of nitrogens with zero attached hydrogens (tertiary/aromatic N) is 2. The first kappa shape index (κ1) is 15.6. The highest BCUT2D eigenvalue weighted by molar-refractivity contribution is 5.88. The van der Waals surface area contributed by atoms with Crippen LogP contribution in [0.25, 0.3) is 0 Å². The van der Waals surface area contributed by atoms with Gasteiger partial charge < -0.3 is 10.0 Å². The number of aliphatic hydroxyl groups excluding tert-OH is 1. The second-order valence-electron chi connectivity index (χ2n) is 4.96. The minimum atomic E-state index is -4.61. The lowest BCUT2D eigenvalue weighted by Crippen LogP contribution is -2.46. The summed E-state index contributed by atoms with van der Waals surface area (Å²) in [5, 5.41) is 11.8. The van der Waals surface area contributed by atoms with Crippen molar-refractivity contribution in [2.45, 2.75) is 25.1 Å². The molecular formula is C13H16F3N3O2. The quantitative estimate of drug-likeness (QED) is 0.880. The fourth-order valence-corrected chi connectivity index (χ4v) is 2.31. The van der Waals surface area contributed by atoms with Crippen molar-refractivity contribution < 1.29 is 23.1 Å². The van der Waals surface area contributed by atoms with Gasteiger partial charge in [-0.3, -0.25) is 5.32 Å². The van der Waals surface area contributed by atoms with Crippen LogP contribution in [0.2, 0.25) is 0 Å². The Balaban J connectivity index is 1.85. The minimum absolute atomic E-state index is 0.121. The number of carbonyl (C=O) groups excluding carboxylic acids is 1. The number of rotatable bonds is 2. The lowest BCUT2D eigenvalue weighted by atomic mass is 9.91. The molecule has 1 saturated heterocycles. The van der Waals surface area contributed by atoms with Gasteiger partial charge >= 0.3 is 12.2 Å². The van der Waals surface area contributed by atoms with Gasteiger partial charge in [-0.25, -0.2) is 9.78 Å². The summed E-state index contributed by atoms with van der Waals surface area (Å²) in [5.41, 5.74) is 0. The number of urea groups is 1. The lowest BCUT2D eigenvalue weighted by Gasteiger charge is -2.34. The zero-order chi connectivity index (χ0) is 15.5. The standard InChI is InChI=1S/C13H16F3N3O2/c14-13(15,16)11(20)9-4-7-19(8-5-9)12(21)18-10-3-1-2-6-17-10/h1-3,6,9,11,20H,4-5,7-8H2,(H,17,18,21)/t11-/m0/s1. The molecule has 0 spiro atoms. The summed E-state index contributed by atoms with van der Waals surface area (Å²) >= 11 is 0. The number of halogens is 3. The van der Waals surface area contributed by atoms with E-state index in [1.807, 2.05) is 0 Å². The SMILES string of the molecule is O=C(Nc1ccccn1)N1CCC([C@H](O)C(F)(F)F)CC1. The van der Waals surface area contributed by atoms with E-state index in [0.29, 0.717) is 5.82 Å². The number of pyridine rings is 1. The Morgan fingerprint density at radius 2 is 2.05 bits per heavy atom. The molecule has 0 aromatic carbocycles. The van der Waals surface area contributed by atoms with Crippen LogP contribution >= 0.6 is 0 Å². The van der Waals surface area contributed by atoms with E-state index >= 15 is 0 Å². The van der Waals surface area contributed by atoms with Crippen molar-refractivity contribution in [1.29, 1.82) is 0 Å². The highest BCUT2D eigenvalue weighted by Gasteiger charge is 2.44. The van der Waals surface area contributed by atoms with Crippen molar-refractivity contribution >= 4 is 11.8 Å². The molecule has 1 fully saturated rings. The number of hydrogen-bond donors (Lipinski definition) is 2. The van der Waals surface area contributed by atoms with Crippen molar-refractivity contribution in [1.82, 2.24) is 9.88 Å². The van der Waals surface area contributed by atoms with E-state index in [2.05, 4.69) is 10.3 Å². The number of hydrogen-bond acceptors (Lipinski definition) is 3. The maximum Gasteiger partial charge on any atom is 0.414 e. The van der Waals surface area contributed by atoms with Gasteiger partial charge in [-0.1, -0.05) is 6.07 Å². The number of piperidine rings is 1. The van der Waals surface area contributed by atoms with Gasteiger partial charge in [0.1, 0.15) is 5.82 Å². The van der Waals surface area contributed by atoms with Gasteiger partial charge in [-0.2, -0.15) is 13.2 Å². The molecule has 2 N–H and O–H groups in total. The third kappa shape index (κ3) is 4.07. The second kappa shape index (κ2) is 6.30. The molecule has 0 saturated carbocycles. The van der Waals surface area contributed by atoms with E-state index < -0.39 is 24.2 Å². The molecule has 2 amide bonds. The predicted octanol–water partition coefficient (Wildman–Crippen LogP) is 2.25. The van der Waals surface area contributed by atoms with Gasteiger partial charge in [0.2, 0.25) is 0 Å². The molecular weight excluding hydrogens is 287 g/mol. The first-order valence-corrected chi connectivity index (χ1v) is 6.59. The molecule has 2 heterocycles. The lowest BCUT2D eigenvalue weighted by molar-refractivity contribution is -0.222. The normalized spacial score (nSPS) is 18.4. The molecule has 21 heavy (non-hydrogen) atoms. The Bertz CT molecular complexity index is 473. The Morgan fingerprint density at radius 1 is 1.38 bits per heavy atom. The maximum absolute atomic E-state index is 12.4. The van der Waals surface area contributed by atoms with Crippen LogP contribution in [0.3, 0.4) is 0 Å². The van der Waals surface area contributed by atoms with Crippen molar-refractivity contribution in [3.8, 4) is 0 Å². The Labute approximate surface area is 119 Å². The highest BCUT2D eigenvalue weighted by atomic mass is 19.4. The van der Waals surface area contributed by atoms with Gasteiger partial charge in [-0.05, 0) is 30.9 Å². The van der Waals surface area contributed by atoms with Crippen LogP contribution in [0.1, 0.15) is 12.8 Å². The molecule has 0 aliphatic carbocycles. The van der Waals surface area contributed by atoms with Crippen LogP contribution in [0, 0.1) is 5.92 Å². The number of amides is 2. The van der Waals surface area contributed by atoms with Crippen LogP contribution in [0.5, 0.6) is 0 Å². The zero-order valence-electron chi connectivity index (χ0n) is 11.2. The average molecular weight is 303 g/mol. The van der Waals surface area contributed by atoms with E-state index in [9.17, 15) is 23.1 Å².